The van der Waals surface area contributed by atoms with Crippen LogP contribution >= 0.6 is 0 Å². The first kappa shape index (κ1) is 12.7. The molecule has 0 aromatic carbocycles. The van der Waals surface area contributed by atoms with Gasteiger partial charge in [0.2, 0.25) is 0 Å². The maximum atomic E-state index is 11.1. The summed E-state index contributed by atoms with van der Waals surface area (Å²) in [6.45, 7) is 4.06. The Morgan fingerprint density at radius 3 is 2.83 bits per heavy atom. The number of rotatable bonds is 1. The van der Waals surface area contributed by atoms with Gasteiger partial charge in [0.15, 0.2) is 0 Å². The first-order valence-corrected chi connectivity index (χ1v) is 6.21. The number of carboxylic acids is 1. The third-order valence-corrected chi connectivity index (χ3v) is 3.36. The molecule has 3 heteroatoms. The minimum atomic E-state index is -0.815. The van der Waals surface area contributed by atoms with Gasteiger partial charge in [0.05, 0.1) is 6.26 Å². The molecule has 0 spiro atoms. The Hall–Kier alpha value is -1.77. The third kappa shape index (κ3) is 2.73. The van der Waals surface area contributed by atoms with Crippen LogP contribution in [0.2, 0.25) is 0 Å². The highest BCUT2D eigenvalue weighted by atomic mass is 16.4. The van der Waals surface area contributed by atoms with Crippen molar-refractivity contribution >= 4 is 5.97 Å². The molecule has 1 N–H and O–H groups in total. The zero-order valence-electron chi connectivity index (χ0n) is 10.8. The highest BCUT2D eigenvalue weighted by Gasteiger charge is 2.14. The fourth-order valence-corrected chi connectivity index (χ4v) is 2.27. The molecule has 0 aliphatic heterocycles. The first-order chi connectivity index (χ1) is 8.58. The molecule has 3 nitrogen and oxygen atoms in total. The van der Waals surface area contributed by atoms with E-state index in [0.717, 1.165) is 29.7 Å². The van der Waals surface area contributed by atoms with Crippen LogP contribution in [-0.4, -0.2) is 11.1 Å². The van der Waals surface area contributed by atoms with Gasteiger partial charge < -0.3 is 9.52 Å². The number of carbonyl (C=O) groups is 1. The smallest absolute Gasteiger partial charge is 0.331 e. The van der Waals surface area contributed by atoms with E-state index in [1.165, 1.54) is 5.57 Å². The number of fused-ring (bicyclic) bond motifs is 1. The lowest BCUT2D eigenvalue weighted by molar-refractivity contribution is -0.132. The number of aryl methyl sites for hydroxylation is 1. The average molecular weight is 246 g/mol. The Kier molecular flexibility index (Phi) is 3.70. The molecule has 0 amide bonds. The summed E-state index contributed by atoms with van der Waals surface area (Å²) in [7, 11) is 0. The highest BCUT2D eigenvalue weighted by Crippen LogP contribution is 2.23. The van der Waals surface area contributed by atoms with Gasteiger partial charge in [-0.1, -0.05) is 17.7 Å². The summed E-state index contributed by atoms with van der Waals surface area (Å²) in [5, 5.41) is 9.14. The summed E-state index contributed by atoms with van der Waals surface area (Å²) in [4.78, 5) is 11.1. The lowest BCUT2D eigenvalue weighted by atomic mass is 9.98. The van der Waals surface area contributed by atoms with Crippen LogP contribution in [0.1, 0.15) is 36.7 Å². The summed E-state index contributed by atoms with van der Waals surface area (Å²) in [6.07, 6.45) is 8.51. The first-order valence-electron chi connectivity index (χ1n) is 6.21. The second-order valence-corrected chi connectivity index (χ2v) is 4.83. The molecule has 0 atom stereocenters. The summed E-state index contributed by atoms with van der Waals surface area (Å²) in [5.74, 6) is 0.147. The summed E-state index contributed by atoms with van der Waals surface area (Å²) < 4.78 is 5.57. The van der Waals surface area contributed by atoms with E-state index in [2.05, 4.69) is 13.0 Å². The van der Waals surface area contributed by atoms with Gasteiger partial charge in [-0.2, -0.15) is 0 Å². The second-order valence-electron chi connectivity index (χ2n) is 4.83. The molecular formula is C15H18O3. The Bertz CT molecular complexity index is 518. The van der Waals surface area contributed by atoms with Crippen molar-refractivity contribution in [3.63, 3.8) is 0 Å². The monoisotopic (exact) mass is 246 g/mol. The molecule has 0 radical (unpaired) electrons. The van der Waals surface area contributed by atoms with Crippen LogP contribution in [0.15, 0.2) is 34.0 Å². The van der Waals surface area contributed by atoms with Gasteiger partial charge >= 0.3 is 5.97 Å². The predicted molar refractivity (Wildman–Crippen MR) is 69.6 cm³/mol. The molecule has 1 aliphatic carbocycles. The minimum absolute atomic E-state index is 0.493. The van der Waals surface area contributed by atoms with Crippen LogP contribution in [0, 0.1) is 6.92 Å². The lowest BCUT2D eigenvalue weighted by Crippen LogP contribution is -2.03. The molecule has 1 aromatic heterocycles. The van der Waals surface area contributed by atoms with E-state index in [4.69, 9.17) is 9.52 Å². The number of carboxylic acid groups (broad SMARTS) is 1. The Morgan fingerprint density at radius 1 is 1.33 bits per heavy atom. The van der Waals surface area contributed by atoms with Gasteiger partial charge in [-0.15, -0.1) is 0 Å². The molecule has 0 fully saturated rings. The molecule has 0 saturated heterocycles. The predicted octanol–water partition coefficient (Wildman–Crippen LogP) is 3.42. The van der Waals surface area contributed by atoms with Crippen molar-refractivity contribution < 1.29 is 14.3 Å². The Labute approximate surface area is 107 Å². The zero-order chi connectivity index (χ0) is 13.1. The summed E-state index contributed by atoms with van der Waals surface area (Å²) >= 11 is 0. The molecule has 0 unspecified atom stereocenters. The molecular weight excluding hydrogens is 228 g/mol. The molecule has 1 aromatic rings. The van der Waals surface area contributed by atoms with Gasteiger partial charge in [0.1, 0.15) is 5.76 Å². The van der Waals surface area contributed by atoms with Crippen molar-refractivity contribution in [3.05, 3.63) is 46.4 Å². The van der Waals surface area contributed by atoms with Crippen LogP contribution in [-0.2, 0) is 17.6 Å². The molecule has 1 aliphatic rings. The minimum Gasteiger partial charge on any atom is -0.478 e. The largest absolute Gasteiger partial charge is 0.478 e. The lowest BCUT2D eigenvalue weighted by Gasteiger charge is -2.07. The number of hydrogen-bond donors (Lipinski definition) is 1. The van der Waals surface area contributed by atoms with Crippen LogP contribution in [0.4, 0.5) is 0 Å². The van der Waals surface area contributed by atoms with Gasteiger partial charge in [0.25, 0.3) is 0 Å². The van der Waals surface area contributed by atoms with E-state index >= 15 is 0 Å². The summed E-state index contributed by atoms with van der Waals surface area (Å²) in [5.41, 5.74) is 3.95. The van der Waals surface area contributed by atoms with E-state index in [-0.39, 0.29) is 0 Å². The molecule has 2 rings (SSSR count). The molecule has 1 heterocycles. The van der Waals surface area contributed by atoms with E-state index in [0.29, 0.717) is 18.4 Å². The van der Waals surface area contributed by atoms with Gasteiger partial charge in [0, 0.05) is 17.6 Å². The van der Waals surface area contributed by atoms with Gasteiger partial charge in [-0.3, -0.25) is 0 Å². The maximum Gasteiger partial charge on any atom is 0.331 e. The van der Waals surface area contributed by atoms with Crippen LogP contribution in [0.5, 0.6) is 0 Å². The number of hydrogen-bond acceptors (Lipinski definition) is 2. The highest BCUT2D eigenvalue weighted by molar-refractivity contribution is 5.86. The fraction of sp³-hybridized carbons (Fsp3) is 0.400. The molecule has 96 valence electrons. The number of aliphatic carboxylic acids is 1. The SMILES string of the molecule is C/C1=C\CC/C(C(=O)O)=C\Cc2c(C)coc2C1. The van der Waals surface area contributed by atoms with Crippen molar-refractivity contribution in [1.82, 2.24) is 0 Å². The fourth-order valence-electron chi connectivity index (χ4n) is 2.27. The number of allylic oxidation sites excluding steroid dienone is 3. The van der Waals surface area contributed by atoms with Crippen molar-refractivity contribution in [1.29, 1.82) is 0 Å². The van der Waals surface area contributed by atoms with E-state index < -0.39 is 5.97 Å². The van der Waals surface area contributed by atoms with Crippen LogP contribution in [0.25, 0.3) is 0 Å². The topological polar surface area (TPSA) is 50.4 Å². The average Bonchev–Trinajstić information content (AvgIpc) is 2.65. The normalized spacial score (nSPS) is 22.3. The third-order valence-electron chi connectivity index (χ3n) is 3.36. The van der Waals surface area contributed by atoms with Crippen LogP contribution in [0.3, 0.4) is 0 Å². The Morgan fingerprint density at radius 2 is 2.11 bits per heavy atom. The zero-order valence-corrected chi connectivity index (χ0v) is 10.8. The van der Waals surface area contributed by atoms with Crippen molar-refractivity contribution in [2.45, 2.75) is 39.5 Å². The Balaban J connectivity index is 2.38. The molecule has 0 bridgehead atoms. The van der Waals surface area contributed by atoms with Crippen LogP contribution < -0.4 is 0 Å². The second kappa shape index (κ2) is 5.25. The quantitative estimate of drug-likeness (QED) is 0.772. The number of furan rings is 1. The van der Waals surface area contributed by atoms with Gasteiger partial charge in [-0.05, 0) is 38.7 Å². The van der Waals surface area contributed by atoms with Crippen molar-refractivity contribution in [2.75, 3.05) is 0 Å². The van der Waals surface area contributed by atoms with Crippen molar-refractivity contribution in [2.24, 2.45) is 0 Å². The van der Waals surface area contributed by atoms with Gasteiger partial charge in [-0.25, -0.2) is 4.79 Å². The van der Waals surface area contributed by atoms with E-state index in [1.807, 2.05) is 13.0 Å². The van der Waals surface area contributed by atoms with E-state index in [1.54, 1.807) is 6.26 Å². The molecule has 18 heavy (non-hydrogen) atoms. The summed E-state index contributed by atoms with van der Waals surface area (Å²) in [6, 6.07) is 0. The molecule has 0 saturated carbocycles. The standard InChI is InChI=1S/C15H18O3/c1-10-4-3-5-12(15(16)17)6-7-13-11(2)9-18-14(13)8-10/h4,6,9H,3,5,7-8H2,1-2H3,(H,16,17)/b10-4+,12-6+. The van der Waals surface area contributed by atoms with E-state index in [9.17, 15) is 4.79 Å². The van der Waals surface area contributed by atoms with Crippen molar-refractivity contribution in [3.8, 4) is 0 Å². The maximum absolute atomic E-state index is 11.1.